The molecule has 0 aliphatic rings. The van der Waals surface area contributed by atoms with Crippen molar-refractivity contribution in [3.63, 3.8) is 0 Å². The Morgan fingerprint density at radius 1 is 1.37 bits per heavy atom. The summed E-state index contributed by atoms with van der Waals surface area (Å²) >= 11 is 0. The van der Waals surface area contributed by atoms with Crippen LogP contribution in [0.5, 0.6) is 0 Å². The first kappa shape index (κ1) is 13.1. The summed E-state index contributed by atoms with van der Waals surface area (Å²) in [4.78, 5) is 25.7. The number of amides is 1. The number of carbonyl (C=O) groups is 2. The number of fused-ring (bicyclic) bond motifs is 1. The Kier molecular flexibility index (Phi) is 3.85. The number of benzene rings is 1. The van der Waals surface area contributed by atoms with Crippen molar-refractivity contribution in [1.82, 2.24) is 10.3 Å². The standard InChI is InChI=1S/C14H16N2O3/c1-9(14(18)19)6-7-15-13(17)11-8-16-12-5-3-2-4-10(11)12/h2-5,8-9,16H,6-7H2,1H3,(H,15,17)(H,18,19). The van der Waals surface area contributed by atoms with Crippen molar-refractivity contribution >= 4 is 22.8 Å². The summed E-state index contributed by atoms with van der Waals surface area (Å²) in [7, 11) is 0. The molecule has 1 unspecified atom stereocenters. The lowest BCUT2D eigenvalue weighted by Gasteiger charge is -2.07. The van der Waals surface area contributed by atoms with Gasteiger partial charge in [0.2, 0.25) is 0 Å². The molecule has 5 heteroatoms. The first-order valence-electron chi connectivity index (χ1n) is 6.16. The van der Waals surface area contributed by atoms with Gasteiger partial charge < -0.3 is 15.4 Å². The van der Waals surface area contributed by atoms with E-state index in [0.717, 1.165) is 10.9 Å². The number of carbonyl (C=O) groups excluding carboxylic acids is 1. The van der Waals surface area contributed by atoms with Gasteiger partial charge in [-0.05, 0) is 12.5 Å². The third-order valence-corrected chi connectivity index (χ3v) is 3.12. The molecule has 2 rings (SSSR count). The molecule has 1 aromatic heterocycles. The number of aromatic nitrogens is 1. The van der Waals surface area contributed by atoms with E-state index < -0.39 is 11.9 Å². The summed E-state index contributed by atoms with van der Waals surface area (Å²) in [6.45, 7) is 1.98. The van der Waals surface area contributed by atoms with Crippen LogP contribution in [0.15, 0.2) is 30.5 Å². The van der Waals surface area contributed by atoms with Crippen molar-refractivity contribution in [3.05, 3.63) is 36.0 Å². The Balaban J connectivity index is 1.99. The highest BCUT2D eigenvalue weighted by Crippen LogP contribution is 2.17. The molecule has 0 aliphatic heterocycles. The van der Waals surface area contributed by atoms with Gasteiger partial charge in [0, 0.05) is 23.6 Å². The maximum absolute atomic E-state index is 12.0. The van der Waals surface area contributed by atoms with E-state index in [9.17, 15) is 9.59 Å². The maximum atomic E-state index is 12.0. The molecular weight excluding hydrogens is 244 g/mol. The van der Waals surface area contributed by atoms with E-state index in [2.05, 4.69) is 10.3 Å². The van der Waals surface area contributed by atoms with Crippen LogP contribution in [0.1, 0.15) is 23.7 Å². The molecule has 3 N–H and O–H groups in total. The minimum absolute atomic E-state index is 0.185. The van der Waals surface area contributed by atoms with Gasteiger partial charge >= 0.3 is 5.97 Å². The number of para-hydroxylation sites is 1. The Morgan fingerprint density at radius 2 is 2.11 bits per heavy atom. The number of carboxylic acids is 1. The predicted octanol–water partition coefficient (Wildman–Crippen LogP) is 2.01. The normalized spacial score (nSPS) is 12.3. The molecule has 100 valence electrons. The van der Waals surface area contributed by atoms with E-state index in [-0.39, 0.29) is 5.91 Å². The van der Waals surface area contributed by atoms with E-state index in [1.165, 1.54) is 0 Å². The first-order chi connectivity index (χ1) is 9.09. The number of aromatic amines is 1. The van der Waals surface area contributed by atoms with Gasteiger partial charge in [-0.3, -0.25) is 9.59 Å². The molecule has 0 fully saturated rings. The van der Waals surface area contributed by atoms with Gasteiger partial charge in [0.05, 0.1) is 11.5 Å². The Hall–Kier alpha value is -2.30. The zero-order valence-electron chi connectivity index (χ0n) is 10.6. The quantitative estimate of drug-likeness (QED) is 0.769. The molecule has 0 saturated heterocycles. The summed E-state index contributed by atoms with van der Waals surface area (Å²) in [5.41, 5.74) is 1.49. The fourth-order valence-corrected chi connectivity index (χ4v) is 1.88. The van der Waals surface area contributed by atoms with Crippen LogP contribution in [0.2, 0.25) is 0 Å². The molecule has 0 radical (unpaired) electrons. The first-order valence-corrected chi connectivity index (χ1v) is 6.16. The van der Waals surface area contributed by atoms with Crippen LogP contribution in [0.25, 0.3) is 10.9 Å². The number of rotatable bonds is 5. The minimum atomic E-state index is -0.846. The van der Waals surface area contributed by atoms with Crippen molar-refractivity contribution in [2.45, 2.75) is 13.3 Å². The predicted molar refractivity (Wildman–Crippen MR) is 72.0 cm³/mol. The van der Waals surface area contributed by atoms with Gasteiger partial charge in [-0.15, -0.1) is 0 Å². The summed E-state index contributed by atoms with van der Waals surface area (Å²) in [6, 6.07) is 7.55. The molecule has 1 aromatic carbocycles. The van der Waals surface area contributed by atoms with Crippen LogP contribution in [0.4, 0.5) is 0 Å². The summed E-state index contributed by atoms with van der Waals surface area (Å²) < 4.78 is 0. The average molecular weight is 260 g/mol. The van der Waals surface area contributed by atoms with Gasteiger partial charge in [-0.25, -0.2) is 0 Å². The summed E-state index contributed by atoms with van der Waals surface area (Å²) in [6.07, 6.45) is 2.09. The monoisotopic (exact) mass is 260 g/mol. The average Bonchev–Trinajstić information content (AvgIpc) is 2.82. The molecule has 0 saturated carbocycles. The number of hydrogen-bond acceptors (Lipinski definition) is 2. The van der Waals surface area contributed by atoms with Crippen LogP contribution < -0.4 is 5.32 Å². The Morgan fingerprint density at radius 3 is 2.84 bits per heavy atom. The fraction of sp³-hybridized carbons (Fsp3) is 0.286. The SMILES string of the molecule is CC(CCNC(=O)c1c[nH]c2ccccc12)C(=O)O. The van der Waals surface area contributed by atoms with E-state index in [1.54, 1.807) is 13.1 Å². The van der Waals surface area contributed by atoms with Gasteiger partial charge in [0.1, 0.15) is 0 Å². The van der Waals surface area contributed by atoms with E-state index in [1.807, 2.05) is 24.3 Å². The number of H-pyrrole nitrogens is 1. The maximum Gasteiger partial charge on any atom is 0.306 e. The van der Waals surface area contributed by atoms with Gasteiger partial charge in [-0.2, -0.15) is 0 Å². The third kappa shape index (κ3) is 2.93. The van der Waals surface area contributed by atoms with Crippen LogP contribution in [-0.2, 0) is 4.79 Å². The minimum Gasteiger partial charge on any atom is -0.481 e. The highest BCUT2D eigenvalue weighted by molar-refractivity contribution is 6.06. The van der Waals surface area contributed by atoms with Gasteiger partial charge in [0.25, 0.3) is 5.91 Å². The lowest BCUT2D eigenvalue weighted by Crippen LogP contribution is -2.26. The molecule has 0 spiro atoms. The van der Waals surface area contributed by atoms with Crippen molar-refractivity contribution in [1.29, 1.82) is 0 Å². The topological polar surface area (TPSA) is 82.2 Å². The number of nitrogens with one attached hydrogen (secondary N) is 2. The Bertz CT molecular complexity index is 604. The lowest BCUT2D eigenvalue weighted by molar-refractivity contribution is -0.141. The zero-order chi connectivity index (χ0) is 13.8. The van der Waals surface area contributed by atoms with Crippen molar-refractivity contribution in [2.24, 2.45) is 5.92 Å². The second-order valence-corrected chi connectivity index (χ2v) is 4.53. The molecule has 0 aliphatic carbocycles. The zero-order valence-corrected chi connectivity index (χ0v) is 10.6. The van der Waals surface area contributed by atoms with Crippen molar-refractivity contribution in [2.75, 3.05) is 6.54 Å². The molecule has 2 aromatic rings. The molecule has 0 bridgehead atoms. The summed E-state index contributed by atoms with van der Waals surface area (Å²) in [5, 5.41) is 12.4. The highest BCUT2D eigenvalue weighted by atomic mass is 16.4. The van der Waals surface area contributed by atoms with Crippen molar-refractivity contribution < 1.29 is 14.7 Å². The Labute approximate surface area is 110 Å². The largest absolute Gasteiger partial charge is 0.481 e. The number of hydrogen-bond donors (Lipinski definition) is 3. The van der Waals surface area contributed by atoms with E-state index in [4.69, 9.17) is 5.11 Å². The molecule has 19 heavy (non-hydrogen) atoms. The number of aliphatic carboxylic acids is 1. The van der Waals surface area contributed by atoms with E-state index >= 15 is 0 Å². The van der Waals surface area contributed by atoms with Gasteiger partial charge in [-0.1, -0.05) is 25.1 Å². The molecule has 5 nitrogen and oxygen atoms in total. The smallest absolute Gasteiger partial charge is 0.306 e. The van der Waals surface area contributed by atoms with Gasteiger partial charge in [0.15, 0.2) is 0 Å². The summed E-state index contributed by atoms with van der Waals surface area (Å²) in [5.74, 6) is -1.49. The molecular formula is C14H16N2O3. The molecule has 1 heterocycles. The highest BCUT2D eigenvalue weighted by Gasteiger charge is 2.13. The van der Waals surface area contributed by atoms with Crippen LogP contribution in [-0.4, -0.2) is 28.5 Å². The van der Waals surface area contributed by atoms with Crippen LogP contribution in [0.3, 0.4) is 0 Å². The van der Waals surface area contributed by atoms with Crippen LogP contribution >= 0.6 is 0 Å². The lowest BCUT2D eigenvalue weighted by atomic mass is 10.1. The third-order valence-electron chi connectivity index (χ3n) is 3.12. The second-order valence-electron chi connectivity index (χ2n) is 4.53. The molecule has 1 amide bonds. The number of carboxylic acid groups (broad SMARTS) is 1. The van der Waals surface area contributed by atoms with E-state index in [0.29, 0.717) is 18.5 Å². The second kappa shape index (κ2) is 5.56. The van der Waals surface area contributed by atoms with Crippen molar-refractivity contribution in [3.8, 4) is 0 Å². The van der Waals surface area contributed by atoms with Crippen LogP contribution in [0, 0.1) is 5.92 Å². The molecule has 1 atom stereocenters. The fourth-order valence-electron chi connectivity index (χ4n) is 1.88.